The van der Waals surface area contributed by atoms with Gasteiger partial charge in [-0.15, -0.1) is 0 Å². The van der Waals surface area contributed by atoms with E-state index in [-0.39, 0.29) is 5.41 Å². The molecule has 1 spiro atoms. The fraction of sp³-hybridized carbons (Fsp3) is 0.0606. The molecule has 0 saturated carbocycles. The van der Waals surface area contributed by atoms with Gasteiger partial charge in [0.05, 0.1) is 10.9 Å². The van der Waals surface area contributed by atoms with Gasteiger partial charge in [-0.1, -0.05) is 103 Å². The Labute approximate surface area is 198 Å². The molecule has 0 radical (unpaired) electrons. The average molecular weight is 432 g/mol. The van der Waals surface area contributed by atoms with Crippen LogP contribution in [-0.4, -0.2) is 4.98 Å². The van der Waals surface area contributed by atoms with Gasteiger partial charge in [-0.05, 0) is 62.7 Å². The quantitative estimate of drug-likeness (QED) is 0.221. The molecule has 1 unspecified atom stereocenters. The van der Waals surface area contributed by atoms with Gasteiger partial charge in [-0.2, -0.15) is 0 Å². The summed E-state index contributed by atoms with van der Waals surface area (Å²) < 4.78 is 0. The minimum atomic E-state index is -0.350. The van der Waals surface area contributed by atoms with E-state index in [4.69, 9.17) is 4.98 Å². The van der Waals surface area contributed by atoms with E-state index in [1.807, 2.05) is 6.20 Å². The van der Waals surface area contributed by atoms with Gasteiger partial charge in [0, 0.05) is 17.1 Å². The molecule has 1 atom stereocenters. The second-order valence-corrected chi connectivity index (χ2v) is 9.59. The SMILES string of the molecule is Cc1ccc2c(c1)-c1ccccc1C21c2ccccc2-c2c1c1ccccc1c1cccnc21. The molecule has 158 valence electrons. The van der Waals surface area contributed by atoms with Crippen LogP contribution in [0.5, 0.6) is 0 Å². The van der Waals surface area contributed by atoms with Crippen LogP contribution in [0, 0.1) is 6.92 Å². The van der Waals surface area contributed by atoms with Crippen molar-refractivity contribution in [2.75, 3.05) is 0 Å². The molecule has 8 rings (SSSR count). The molecule has 0 bridgehead atoms. The Balaban J connectivity index is 1.71. The number of hydrogen-bond donors (Lipinski definition) is 0. The summed E-state index contributed by atoms with van der Waals surface area (Å²) in [5, 5.41) is 3.81. The first-order valence-corrected chi connectivity index (χ1v) is 11.9. The molecule has 0 fully saturated rings. The number of fused-ring (bicyclic) bond motifs is 15. The molecule has 6 aromatic rings. The van der Waals surface area contributed by atoms with Crippen LogP contribution in [0.2, 0.25) is 0 Å². The first-order valence-electron chi connectivity index (χ1n) is 11.9. The Bertz CT molecular complexity index is 1830. The average Bonchev–Trinajstić information content (AvgIpc) is 3.36. The van der Waals surface area contributed by atoms with Crippen molar-refractivity contribution in [2.24, 2.45) is 0 Å². The Hall–Kier alpha value is -4.23. The van der Waals surface area contributed by atoms with Gasteiger partial charge in [0.1, 0.15) is 0 Å². The minimum absolute atomic E-state index is 0.350. The van der Waals surface area contributed by atoms with Gasteiger partial charge in [0.2, 0.25) is 0 Å². The van der Waals surface area contributed by atoms with Crippen LogP contribution in [0.25, 0.3) is 43.9 Å². The highest BCUT2D eigenvalue weighted by Gasteiger charge is 2.53. The van der Waals surface area contributed by atoms with E-state index in [9.17, 15) is 0 Å². The Morgan fingerprint density at radius 1 is 0.559 bits per heavy atom. The Morgan fingerprint density at radius 3 is 2.06 bits per heavy atom. The van der Waals surface area contributed by atoms with Crippen molar-refractivity contribution in [2.45, 2.75) is 12.3 Å². The van der Waals surface area contributed by atoms with Gasteiger partial charge in [-0.3, -0.25) is 4.98 Å². The zero-order chi connectivity index (χ0) is 22.4. The molecular weight excluding hydrogens is 410 g/mol. The number of pyridine rings is 1. The van der Waals surface area contributed by atoms with Gasteiger partial charge in [0.15, 0.2) is 0 Å². The number of rotatable bonds is 0. The van der Waals surface area contributed by atoms with Crippen LogP contribution >= 0.6 is 0 Å². The molecule has 2 aliphatic rings. The number of aryl methyl sites for hydroxylation is 1. The normalized spacial score (nSPS) is 17.1. The van der Waals surface area contributed by atoms with Crippen LogP contribution in [0.3, 0.4) is 0 Å². The van der Waals surface area contributed by atoms with E-state index in [2.05, 4.69) is 110 Å². The zero-order valence-electron chi connectivity index (χ0n) is 18.8. The number of nitrogens with zero attached hydrogens (tertiary/aromatic N) is 1. The van der Waals surface area contributed by atoms with Crippen LogP contribution < -0.4 is 0 Å². The summed E-state index contributed by atoms with van der Waals surface area (Å²) in [6.07, 6.45) is 1.94. The first kappa shape index (κ1) is 18.2. The van der Waals surface area contributed by atoms with E-state index in [1.54, 1.807) is 0 Å². The lowest BCUT2D eigenvalue weighted by molar-refractivity contribution is 0.801. The molecule has 1 heterocycles. The molecular formula is C33H21N. The summed E-state index contributed by atoms with van der Waals surface area (Å²) in [6.45, 7) is 2.19. The van der Waals surface area contributed by atoms with Crippen molar-refractivity contribution < 1.29 is 0 Å². The summed E-state index contributed by atoms with van der Waals surface area (Å²) in [4.78, 5) is 4.98. The smallest absolute Gasteiger partial charge is 0.0790 e. The molecule has 0 amide bonds. The first-order chi connectivity index (χ1) is 16.8. The van der Waals surface area contributed by atoms with Crippen molar-refractivity contribution in [3.05, 3.63) is 137 Å². The van der Waals surface area contributed by atoms with Crippen LogP contribution in [-0.2, 0) is 5.41 Å². The van der Waals surface area contributed by atoms with Crippen molar-refractivity contribution in [1.82, 2.24) is 4.98 Å². The summed E-state index contributed by atoms with van der Waals surface area (Å²) in [7, 11) is 0. The van der Waals surface area contributed by atoms with Crippen LogP contribution in [0.15, 0.2) is 109 Å². The standard InChI is InChI=1S/C33H21N/c1-20-16-17-29-26(19-20)22-10-4-6-14-27(22)33(29)28-15-7-5-12-25(28)30-31(33)23-11-3-2-9-21(23)24-13-8-18-34-32(24)30/h2-19H,1H3. The van der Waals surface area contributed by atoms with E-state index in [0.29, 0.717) is 0 Å². The molecule has 0 N–H and O–H groups in total. The molecule has 2 aliphatic carbocycles. The van der Waals surface area contributed by atoms with Crippen LogP contribution in [0.1, 0.15) is 27.8 Å². The summed E-state index contributed by atoms with van der Waals surface area (Å²) in [6, 6.07) is 38.2. The topological polar surface area (TPSA) is 12.9 Å². The monoisotopic (exact) mass is 431 g/mol. The van der Waals surface area contributed by atoms with E-state index in [1.165, 1.54) is 66.2 Å². The fourth-order valence-electron chi connectivity index (χ4n) is 6.78. The highest BCUT2D eigenvalue weighted by molar-refractivity contribution is 6.18. The number of hydrogen-bond acceptors (Lipinski definition) is 1. The maximum Gasteiger partial charge on any atom is 0.0790 e. The second-order valence-electron chi connectivity index (χ2n) is 9.59. The summed E-state index contributed by atoms with van der Waals surface area (Å²) in [5.74, 6) is 0. The maximum absolute atomic E-state index is 4.98. The zero-order valence-corrected chi connectivity index (χ0v) is 18.8. The Morgan fingerprint density at radius 2 is 1.21 bits per heavy atom. The third-order valence-corrected chi connectivity index (χ3v) is 7.96. The molecule has 1 heteroatoms. The van der Waals surface area contributed by atoms with E-state index in [0.717, 1.165) is 5.52 Å². The highest BCUT2D eigenvalue weighted by Crippen LogP contribution is 2.65. The maximum atomic E-state index is 4.98. The molecule has 34 heavy (non-hydrogen) atoms. The summed E-state index contributed by atoms with van der Waals surface area (Å²) in [5.41, 5.74) is 12.8. The number of aromatic nitrogens is 1. The lowest BCUT2D eigenvalue weighted by Crippen LogP contribution is -2.26. The second kappa shape index (κ2) is 6.21. The molecule has 0 aliphatic heterocycles. The summed E-state index contributed by atoms with van der Waals surface area (Å²) >= 11 is 0. The van der Waals surface area contributed by atoms with Crippen molar-refractivity contribution in [1.29, 1.82) is 0 Å². The largest absolute Gasteiger partial charge is 0.256 e. The Kier molecular flexibility index (Phi) is 3.33. The van der Waals surface area contributed by atoms with Crippen LogP contribution in [0.4, 0.5) is 0 Å². The van der Waals surface area contributed by atoms with Gasteiger partial charge < -0.3 is 0 Å². The predicted molar refractivity (Wildman–Crippen MR) is 140 cm³/mol. The highest BCUT2D eigenvalue weighted by atomic mass is 14.7. The molecule has 5 aromatic carbocycles. The minimum Gasteiger partial charge on any atom is -0.256 e. The fourth-order valence-corrected chi connectivity index (χ4v) is 6.78. The molecule has 0 saturated heterocycles. The number of benzene rings is 5. The third kappa shape index (κ3) is 1.96. The third-order valence-electron chi connectivity index (χ3n) is 7.96. The lowest BCUT2D eigenvalue weighted by Gasteiger charge is -2.31. The van der Waals surface area contributed by atoms with Crippen molar-refractivity contribution in [3.8, 4) is 22.3 Å². The van der Waals surface area contributed by atoms with E-state index >= 15 is 0 Å². The van der Waals surface area contributed by atoms with Gasteiger partial charge >= 0.3 is 0 Å². The molecule has 1 aromatic heterocycles. The van der Waals surface area contributed by atoms with Gasteiger partial charge in [-0.25, -0.2) is 0 Å². The van der Waals surface area contributed by atoms with Crippen molar-refractivity contribution in [3.63, 3.8) is 0 Å². The van der Waals surface area contributed by atoms with Gasteiger partial charge in [0.25, 0.3) is 0 Å². The van der Waals surface area contributed by atoms with E-state index < -0.39 is 0 Å². The predicted octanol–water partition coefficient (Wildman–Crippen LogP) is 8.04. The lowest BCUT2D eigenvalue weighted by atomic mass is 9.69. The molecule has 1 nitrogen and oxygen atoms in total. The van der Waals surface area contributed by atoms with Crippen molar-refractivity contribution >= 4 is 21.7 Å².